The van der Waals surface area contributed by atoms with Crippen LogP contribution in [0.1, 0.15) is 32.1 Å². The highest BCUT2D eigenvalue weighted by atomic mass is 16.5. The lowest BCUT2D eigenvalue weighted by molar-refractivity contribution is 0.0569. The van der Waals surface area contributed by atoms with Crippen molar-refractivity contribution in [2.24, 2.45) is 5.92 Å². The maximum absolute atomic E-state index is 10.1. The second kappa shape index (κ2) is 5.83. The monoisotopic (exact) mass is 213 g/mol. The van der Waals surface area contributed by atoms with Gasteiger partial charge in [0.25, 0.3) is 0 Å². The predicted molar refractivity (Wildman–Crippen MR) is 59.8 cm³/mol. The Morgan fingerprint density at radius 2 is 1.93 bits per heavy atom. The molecule has 2 atom stereocenters. The van der Waals surface area contributed by atoms with Gasteiger partial charge in [0, 0.05) is 19.1 Å². The van der Waals surface area contributed by atoms with E-state index in [0.29, 0.717) is 5.92 Å². The van der Waals surface area contributed by atoms with Gasteiger partial charge in [-0.2, -0.15) is 0 Å². The van der Waals surface area contributed by atoms with E-state index in [4.69, 9.17) is 4.74 Å². The highest BCUT2D eigenvalue weighted by Crippen LogP contribution is 2.18. The molecule has 0 aliphatic carbocycles. The summed E-state index contributed by atoms with van der Waals surface area (Å²) in [4.78, 5) is 2.43. The molecule has 2 heterocycles. The van der Waals surface area contributed by atoms with Gasteiger partial charge >= 0.3 is 0 Å². The summed E-state index contributed by atoms with van der Waals surface area (Å²) in [5.74, 6) is 0.383. The standard InChI is InChI=1S/C12H23NO2/c14-12(11-5-8-15-10-11)9-13-6-3-1-2-4-7-13/h11-12,14H,1-10H2. The Bertz CT molecular complexity index is 172. The minimum Gasteiger partial charge on any atom is -0.391 e. The van der Waals surface area contributed by atoms with E-state index in [-0.39, 0.29) is 6.10 Å². The Morgan fingerprint density at radius 3 is 2.53 bits per heavy atom. The number of hydrogen-bond acceptors (Lipinski definition) is 3. The maximum atomic E-state index is 10.1. The van der Waals surface area contributed by atoms with Gasteiger partial charge in [-0.3, -0.25) is 0 Å². The van der Waals surface area contributed by atoms with Crippen molar-refractivity contribution in [1.29, 1.82) is 0 Å². The molecule has 0 aromatic rings. The Hall–Kier alpha value is -0.120. The second-order valence-corrected chi connectivity index (χ2v) is 4.91. The van der Waals surface area contributed by atoms with Gasteiger partial charge < -0.3 is 14.7 Å². The average Bonchev–Trinajstić information content (AvgIpc) is 2.65. The molecule has 2 fully saturated rings. The van der Waals surface area contributed by atoms with E-state index in [0.717, 1.165) is 26.2 Å². The molecule has 0 saturated carbocycles. The van der Waals surface area contributed by atoms with E-state index in [1.807, 2.05) is 0 Å². The van der Waals surface area contributed by atoms with E-state index in [1.165, 1.54) is 38.8 Å². The number of hydrogen-bond donors (Lipinski definition) is 1. The van der Waals surface area contributed by atoms with Crippen LogP contribution >= 0.6 is 0 Å². The van der Waals surface area contributed by atoms with Crippen molar-refractivity contribution in [3.05, 3.63) is 0 Å². The minimum absolute atomic E-state index is 0.175. The largest absolute Gasteiger partial charge is 0.391 e. The summed E-state index contributed by atoms with van der Waals surface area (Å²) < 4.78 is 5.31. The first kappa shape index (κ1) is 11.4. The van der Waals surface area contributed by atoms with Gasteiger partial charge in [0.1, 0.15) is 0 Å². The molecule has 3 nitrogen and oxygen atoms in total. The number of aliphatic hydroxyl groups is 1. The van der Waals surface area contributed by atoms with E-state index in [1.54, 1.807) is 0 Å². The van der Waals surface area contributed by atoms with Crippen LogP contribution in [0.2, 0.25) is 0 Å². The predicted octanol–water partition coefficient (Wildman–Crippen LogP) is 1.26. The van der Waals surface area contributed by atoms with Crippen molar-refractivity contribution in [2.75, 3.05) is 32.8 Å². The lowest BCUT2D eigenvalue weighted by Crippen LogP contribution is -2.37. The number of ether oxygens (including phenoxy) is 1. The van der Waals surface area contributed by atoms with Crippen LogP contribution in [0.4, 0.5) is 0 Å². The highest BCUT2D eigenvalue weighted by molar-refractivity contribution is 4.76. The zero-order chi connectivity index (χ0) is 10.5. The van der Waals surface area contributed by atoms with Gasteiger partial charge in [-0.05, 0) is 32.4 Å². The Balaban J connectivity index is 1.73. The summed E-state index contributed by atoms with van der Waals surface area (Å²) in [5.41, 5.74) is 0. The van der Waals surface area contributed by atoms with Crippen molar-refractivity contribution >= 4 is 0 Å². The van der Waals surface area contributed by atoms with Crippen LogP contribution in [0.25, 0.3) is 0 Å². The molecular weight excluding hydrogens is 190 g/mol. The number of likely N-dealkylation sites (tertiary alicyclic amines) is 1. The first-order chi connectivity index (χ1) is 7.36. The first-order valence-corrected chi connectivity index (χ1v) is 6.34. The third kappa shape index (κ3) is 3.44. The van der Waals surface area contributed by atoms with Crippen molar-refractivity contribution in [2.45, 2.75) is 38.2 Å². The molecule has 2 aliphatic heterocycles. The fourth-order valence-corrected chi connectivity index (χ4v) is 2.59. The normalized spacial score (nSPS) is 31.4. The molecule has 2 unspecified atom stereocenters. The average molecular weight is 213 g/mol. The van der Waals surface area contributed by atoms with Crippen LogP contribution < -0.4 is 0 Å². The van der Waals surface area contributed by atoms with Crippen LogP contribution in [-0.4, -0.2) is 49.0 Å². The molecule has 0 aromatic heterocycles. The summed E-state index contributed by atoms with van der Waals surface area (Å²) in [6.07, 6.45) is 6.18. The van der Waals surface area contributed by atoms with Crippen LogP contribution in [0.5, 0.6) is 0 Å². The molecule has 0 radical (unpaired) electrons. The van der Waals surface area contributed by atoms with Gasteiger partial charge in [-0.1, -0.05) is 12.8 Å². The summed E-state index contributed by atoms with van der Waals surface area (Å²) in [7, 11) is 0. The molecule has 0 spiro atoms. The number of nitrogens with zero attached hydrogens (tertiary/aromatic N) is 1. The van der Waals surface area contributed by atoms with Gasteiger partial charge in [-0.15, -0.1) is 0 Å². The van der Waals surface area contributed by atoms with Crippen molar-refractivity contribution in [1.82, 2.24) is 4.90 Å². The second-order valence-electron chi connectivity index (χ2n) is 4.91. The summed E-state index contributed by atoms with van der Waals surface area (Å²) in [6, 6.07) is 0. The minimum atomic E-state index is -0.175. The fraction of sp³-hybridized carbons (Fsp3) is 1.00. The van der Waals surface area contributed by atoms with Crippen LogP contribution in [0.15, 0.2) is 0 Å². The molecular formula is C12H23NO2. The topological polar surface area (TPSA) is 32.7 Å². The van der Waals surface area contributed by atoms with Crippen molar-refractivity contribution in [3.63, 3.8) is 0 Å². The zero-order valence-electron chi connectivity index (χ0n) is 9.53. The molecule has 2 aliphatic rings. The number of β-amino-alcohol motifs (C(OH)–C–C–N with tert-alkyl or cyclic N) is 1. The quantitative estimate of drug-likeness (QED) is 0.766. The Morgan fingerprint density at radius 1 is 1.20 bits per heavy atom. The molecule has 3 heteroatoms. The van der Waals surface area contributed by atoms with Gasteiger partial charge in [-0.25, -0.2) is 0 Å². The SMILES string of the molecule is OC(CN1CCCCCC1)C1CCOC1. The lowest BCUT2D eigenvalue weighted by Gasteiger charge is -2.25. The molecule has 2 saturated heterocycles. The Labute approximate surface area is 92.4 Å². The Kier molecular flexibility index (Phi) is 4.42. The fourth-order valence-electron chi connectivity index (χ4n) is 2.59. The summed E-state index contributed by atoms with van der Waals surface area (Å²) in [5, 5.41) is 10.1. The van der Waals surface area contributed by atoms with Gasteiger partial charge in [0.05, 0.1) is 12.7 Å². The van der Waals surface area contributed by atoms with E-state index in [9.17, 15) is 5.11 Å². The van der Waals surface area contributed by atoms with Crippen LogP contribution in [-0.2, 0) is 4.74 Å². The number of rotatable bonds is 3. The van der Waals surface area contributed by atoms with E-state index < -0.39 is 0 Å². The third-order valence-corrected chi connectivity index (χ3v) is 3.65. The summed E-state index contributed by atoms with van der Waals surface area (Å²) >= 11 is 0. The third-order valence-electron chi connectivity index (χ3n) is 3.65. The molecule has 88 valence electrons. The van der Waals surface area contributed by atoms with Gasteiger partial charge in [0.2, 0.25) is 0 Å². The molecule has 0 bridgehead atoms. The van der Waals surface area contributed by atoms with Crippen LogP contribution in [0, 0.1) is 5.92 Å². The van der Waals surface area contributed by atoms with E-state index in [2.05, 4.69) is 4.90 Å². The van der Waals surface area contributed by atoms with Crippen molar-refractivity contribution in [3.8, 4) is 0 Å². The van der Waals surface area contributed by atoms with Crippen molar-refractivity contribution < 1.29 is 9.84 Å². The molecule has 15 heavy (non-hydrogen) atoms. The number of aliphatic hydroxyl groups excluding tert-OH is 1. The smallest absolute Gasteiger partial charge is 0.0718 e. The van der Waals surface area contributed by atoms with Crippen LogP contribution in [0.3, 0.4) is 0 Å². The molecule has 0 aromatic carbocycles. The molecule has 1 N–H and O–H groups in total. The van der Waals surface area contributed by atoms with E-state index >= 15 is 0 Å². The molecule has 2 rings (SSSR count). The van der Waals surface area contributed by atoms with Gasteiger partial charge in [0.15, 0.2) is 0 Å². The summed E-state index contributed by atoms with van der Waals surface area (Å²) in [6.45, 7) is 4.79. The highest BCUT2D eigenvalue weighted by Gasteiger charge is 2.25. The lowest BCUT2D eigenvalue weighted by atomic mass is 10.0. The maximum Gasteiger partial charge on any atom is 0.0718 e. The first-order valence-electron chi connectivity index (χ1n) is 6.34. The zero-order valence-corrected chi connectivity index (χ0v) is 9.53. The molecule has 0 amide bonds.